The SMILES string of the molecule is COC(=O)c1c(C)cccc1NS(=O)(=O)c1ccc2c(c1)NC(=O)CC(=O)N2. The van der Waals surface area contributed by atoms with Crippen molar-refractivity contribution in [3.8, 4) is 0 Å². The second kappa shape index (κ2) is 7.31. The number of hydrogen-bond acceptors (Lipinski definition) is 6. The Balaban J connectivity index is 1.99. The fraction of sp³-hybridized carbons (Fsp3) is 0.167. The van der Waals surface area contributed by atoms with E-state index in [1.54, 1.807) is 19.1 Å². The van der Waals surface area contributed by atoms with Crippen molar-refractivity contribution < 1.29 is 27.5 Å². The number of rotatable bonds is 4. The summed E-state index contributed by atoms with van der Waals surface area (Å²) in [6.45, 7) is 1.66. The van der Waals surface area contributed by atoms with Gasteiger partial charge in [0.1, 0.15) is 6.42 Å². The van der Waals surface area contributed by atoms with Crippen LogP contribution in [0.25, 0.3) is 0 Å². The molecule has 2 aromatic carbocycles. The van der Waals surface area contributed by atoms with E-state index in [-0.39, 0.29) is 28.3 Å². The Morgan fingerprint density at radius 2 is 1.75 bits per heavy atom. The maximum absolute atomic E-state index is 12.8. The van der Waals surface area contributed by atoms with Gasteiger partial charge in [-0.2, -0.15) is 0 Å². The van der Waals surface area contributed by atoms with E-state index in [0.717, 1.165) is 0 Å². The number of sulfonamides is 1. The van der Waals surface area contributed by atoms with Crippen molar-refractivity contribution in [3.63, 3.8) is 0 Å². The van der Waals surface area contributed by atoms with Crippen LogP contribution in [0.4, 0.5) is 17.1 Å². The average molecular weight is 403 g/mol. The molecule has 0 unspecified atom stereocenters. The number of carbonyl (C=O) groups excluding carboxylic acids is 3. The molecule has 0 aromatic heterocycles. The van der Waals surface area contributed by atoms with Crippen LogP contribution in [0.1, 0.15) is 22.3 Å². The molecule has 0 fully saturated rings. The molecule has 3 N–H and O–H groups in total. The lowest BCUT2D eigenvalue weighted by Crippen LogP contribution is -2.17. The van der Waals surface area contributed by atoms with Gasteiger partial charge in [-0.1, -0.05) is 12.1 Å². The molecule has 2 aromatic rings. The highest BCUT2D eigenvalue weighted by Crippen LogP contribution is 2.29. The predicted molar refractivity (Wildman–Crippen MR) is 102 cm³/mol. The van der Waals surface area contributed by atoms with Crippen molar-refractivity contribution >= 4 is 44.9 Å². The van der Waals surface area contributed by atoms with E-state index in [9.17, 15) is 22.8 Å². The third-order valence-corrected chi connectivity index (χ3v) is 5.44. The Kier molecular flexibility index (Phi) is 5.06. The molecule has 0 spiro atoms. The van der Waals surface area contributed by atoms with Crippen LogP contribution in [0.2, 0.25) is 0 Å². The van der Waals surface area contributed by atoms with Gasteiger partial charge in [-0.25, -0.2) is 13.2 Å². The highest BCUT2D eigenvalue weighted by Gasteiger charge is 2.24. The Morgan fingerprint density at radius 3 is 2.43 bits per heavy atom. The highest BCUT2D eigenvalue weighted by atomic mass is 32.2. The molecule has 28 heavy (non-hydrogen) atoms. The van der Waals surface area contributed by atoms with E-state index in [1.165, 1.54) is 31.4 Å². The molecule has 0 saturated heterocycles. The van der Waals surface area contributed by atoms with Gasteiger partial charge in [0.25, 0.3) is 10.0 Å². The standard InChI is InChI=1S/C18H17N3O6S/c1-10-4-3-5-13(17(10)18(24)27-2)21-28(25,26)11-6-7-12-14(8-11)20-16(23)9-15(22)19-12/h3-8,21H,9H2,1-2H3,(H,19,22)(H,20,23). The second-order valence-corrected chi connectivity index (χ2v) is 7.76. The van der Waals surface area contributed by atoms with E-state index in [4.69, 9.17) is 4.74 Å². The Labute approximate surface area is 161 Å². The number of anilines is 3. The topological polar surface area (TPSA) is 131 Å². The number of benzene rings is 2. The molecule has 10 heteroatoms. The minimum atomic E-state index is -4.09. The molecule has 0 atom stereocenters. The average Bonchev–Trinajstić information content (AvgIpc) is 2.76. The van der Waals surface area contributed by atoms with Crippen molar-refractivity contribution in [1.29, 1.82) is 0 Å². The molecule has 9 nitrogen and oxygen atoms in total. The molecule has 0 radical (unpaired) electrons. The largest absolute Gasteiger partial charge is 0.465 e. The van der Waals surface area contributed by atoms with Crippen molar-refractivity contribution in [1.82, 2.24) is 0 Å². The van der Waals surface area contributed by atoms with Crippen LogP contribution in [0, 0.1) is 6.92 Å². The first-order chi connectivity index (χ1) is 13.2. The summed E-state index contributed by atoms with van der Waals surface area (Å²) in [7, 11) is -2.89. The third kappa shape index (κ3) is 3.81. The lowest BCUT2D eigenvalue weighted by molar-refractivity contribution is -0.123. The van der Waals surface area contributed by atoms with Crippen molar-refractivity contribution in [3.05, 3.63) is 47.5 Å². The van der Waals surface area contributed by atoms with Crippen LogP contribution in [0.5, 0.6) is 0 Å². The number of nitrogens with one attached hydrogen (secondary N) is 3. The van der Waals surface area contributed by atoms with Gasteiger partial charge >= 0.3 is 5.97 Å². The van der Waals surface area contributed by atoms with E-state index in [1.807, 2.05) is 0 Å². The number of esters is 1. The zero-order valence-electron chi connectivity index (χ0n) is 15.0. The summed E-state index contributed by atoms with van der Waals surface area (Å²) in [5, 5.41) is 5.01. The van der Waals surface area contributed by atoms with Gasteiger partial charge < -0.3 is 15.4 Å². The summed E-state index contributed by atoms with van der Waals surface area (Å²) in [5.41, 5.74) is 1.17. The van der Waals surface area contributed by atoms with Crippen LogP contribution < -0.4 is 15.4 Å². The van der Waals surface area contributed by atoms with E-state index < -0.39 is 27.8 Å². The molecule has 0 bridgehead atoms. The molecule has 3 rings (SSSR count). The molecular weight excluding hydrogens is 386 g/mol. The molecule has 1 heterocycles. The monoisotopic (exact) mass is 403 g/mol. The Hall–Kier alpha value is -3.40. The molecule has 2 amide bonds. The molecule has 0 saturated carbocycles. The number of hydrogen-bond donors (Lipinski definition) is 3. The number of ether oxygens (including phenoxy) is 1. The van der Waals surface area contributed by atoms with Gasteiger partial charge in [-0.15, -0.1) is 0 Å². The van der Waals surface area contributed by atoms with Gasteiger partial charge in [0.05, 0.1) is 34.6 Å². The molecule has 0 aliphatic carbocycles. The lowest BCUT2D eigenvalue weighted by Gasteiger charge is -2.15. The highest BCUT2D eigenvalue weighted by molar-refractivity contribution is 7.92. The number of aryl methyl sites for hydroxylation is 1. The van der Waals surface area contributed by atoms with Crippen molar-refractivity contribution in [2.24, 2.45) is 0 Å². The minimum absolute atomic E-state index is 0.0686. The van der Waals surface area contributed by atoms with Crippen LogP contribution in [-0.2, 0) is 24.3 Å². The van der Waals surface area contributed by atoms with E-state index in [2.05, 4.69) is 15.4 Å². The van der Waals surface area contributed by atoms with Gasteiger partial charge in [0.2, 0.25) is 11.8 Å². The first-order valence-corrected chi connectivity index (χ1v) is 9.64. The van der Waals surface area contributed by atoms with Crippen LogP contribution >= 0.6 is 0 Å². The molecule has 1 aliphatic rings. The Morgan fingerprint density at radius 1 is 1.07 bits per heavy atom. The van der Waals surface area contributed by atoms with Gasteiger partial charge in [0, 0.05) is 0 Å². The maximum Gasteiger partial charge on any atom is 0.340 e. The van der Waals surface area contributed by atoms with E-state index in [0.29, 0.717) is 11.3 Å². The predicted octanol–water partition coefficient (Wildman–Crippen LogP) is 1.86. The first kappa shape index (κ1) is 19.4. The summed E-state index contributed by atoms with van der Waals surface area (Å²) >= 11 is 0. The summed E-state index contributed by atoms with van der Waals surface area (Å²) in [6.07, 6.45) is -0.360. The Bertz CT molecular complexity index is 1090. The fourth-order valence-electron chi connectivity index (χ4n) is 2.77. The van der Waals surface area contributed by atoms with E-state index >= 15 is 0 Å². The molecular formula is C18H17N3O6S. The smallest absolute Gasteiger partial charge is 0.340 e. The van der Waals surface area contributed by atoms with Gasteiger partial charge in [-0.05, 0) is 36.8 Å². The van der Waals surface area contributed by atoms with Crippen LogP contribution in [0.15, 0.2) is 41.3 Å². The molecule has 146 valence electrons. The number of carbonyl (C=O) groups is 3. The third-order valence-electron chi connectivity index (χ3n) is 4.08. The fourth-order valence-corrected chi connectivity index (χ4v) is 3.86. The quantitative estimate of drug-likeness (QED) is 0.528. The maximum atomic E-state index is 12.8. The normalized spacial score (nSPS) is 13.6. The minimum Gasteiger partial charge on any atom is -0.465 e. The zero-order chi connectivity index (χ0) is 20.5. The van der Waals surface area contributed by atoms with Gasteiger partial charge in [-0.3, -0.25) is 14.3 Å². The second-order valence-electron chi connectivity index (χ2n) is 6.08. The summed E-state index contributed by atoms with van der Waals surface area (Å²) in [4.78, 5) is 35.2. The van der Waals surface area contributed by atoms with Crippen LogP contribution in [0.3, 0.4) is 0 Å². The zero-order valence-corrected chi connectivity index (χ0v) is 15.8. The number of methoxy groups -OCH3 is 1. The molecule has 1 aliphatic heterocycles. The summed E-state index contributed by atoms with van der Waals surface area (Å²) < 4.78 is 32.8. The van der Waals surface area contributed by atoms with Crippen molar-refractivity contribution in [2.45, 2.75) is 18.2 Å². The number of amides is 2. The van der Waals surface area contributed by atoms with Crippen LogP contribution in [-0.4, -0.2) is 33.3 Å². The number of fused-ring (bicyclic) bond motifs is 1. The van der Waals surface area contributed by atoms with Gasteiger partial charge in [0.15, 0.2) is 0 Å². The first-order valence-electron chi connectivity index (χ1n) is 8.16. The van der Waals surface area contributed by atoms with Crippen molar-refractivity contribution in [2.75, 3.05) is 22.5 Å². The lowest BCUT2D eigenvalue weighted by atomic mass is 10.1. The summed E-state index contributed by atoms with van der Waals surface area (Å²) in [6, 6.07) is 8.60. The summed E-state index contributed by atoms with van der Waals surface area (Å²) in [5.74, 6) is -1.72.